The second-order valence-corrected chi connectivity index (χ2v) is 17.2. The van der Waals surface area contributed by atoms with Crippen molar-refractivity contribution in [3.05, 3.63) is 249 Å². The van der Waals surface area contributed by atoms with Crippen molar-refractivity contribution in [3.8, 4) is 44.5 Å². The molecule has 2 nitrogen and oxygen atoms in total. The largest absolute Gasteiger partial charge is 0.455 e. The molecule has 13 aromatic rings. The normalized spacial score (nSPS) is 11.6. The van der Waals surface area contributed by atoms with E-state index >= 15 is 0 Å². The van der Waals surface area contributed by atoms with Crippen LogP contribution in [0.3, 0.4) is 0 Å². The average molecular weight is 840 g/mol. The first-order valence-electron chi connectivity index (χ1n) is 22.7. The number of rotatable bonds is 7. The maximum atomic E-state index is 6.45. The molecule has 0 atom stereocenters. The molecule has 0 saturated carbocycles. The zero-order valence-corrected chi connectivity index (χ0v) is 36.0. The van der Waals surface area contributed by atoms with Crippen molar-refractivity contribution in [1.29, 1.82) is 0 Å². The molecule has 0 aliphatic rings. The van der Waals surface area contributed by atoms with Crippen LogP contribution < -0.4 is 4.90 Å². The predicted molar refractivity (Wildman–Crippen MR) is 280 cm³/mol. The van der Waals surface area contributed by atoms with E-state index in [0.717, 1.165) is 50.1 Å². The molecule has 0 spiro atoms. The van der Waals surface area contributed by atoms with Crippen LogP contribution in [0.5, 0.6) is 0 Å². The summed E-state index contributed by atoms with van der Waals surface area (Å²) in [4.78, 5) is 2.35. The van der Waals surface area contributed by atoms with Gasteiger partial charge in [0.25, 0.3) is 0 Å². The van der Waals surface area contributed by atoms with E-state index in [0.29, 0.717) is 0 Å². The summed E-state index contributed by atoms with van der Waals surface area (Å²) in [6.07, 6.45) is 0. The zero-order valence-electron chi connectivity index (χ0n) is 36.0. The fraction of sp³-hybridized carbons (Fsp3) is 0. The Labute approximate surface area is 382 Å². The van der Waals surface area contributed by atoms with Crippen molar-refractivity contribution in [2.75, 3.05) is 4.90 Å². The fourth-order valence-corrected chi connectivity index (χ4v) is 10.2. The molecule has 0 aliphatic heterocycles. The van der Waals surface area contributed by atoms with Gasteiger partial charge in [0, 0.05) is 33.4 Å². The van der Waals surface area contributed by atoms with E-state index in [1.165, 1.54) is 76.5 Å². The van der Waals surface area contributed by atoms with Crippen LogP contribution in [-0.4, -0.2) is 0 Å². The molecule has 1 heterocycles. The van der Waals surface area contributed by atoms with Crippen LogP contribution in [0.1, 0.15) is 0 Å². The fourth-order valence-electron chi connectivity index (χ4n) is 10.2. The second-order valence-electron chi connectivity index (χ2n) is 17.2. The van der Waals surface area contributed by atoms with E-state index in [4.69, 9.17) is 4.42 Å². The lowest BCUT2D eigenvalue weighted by molar-refractivity contribution is 0.670. The van der Waals surface area contributed by atoms with E-state index in [9.17, 15) is 0 Å². The van der Waals surface area contributed by atoms with Crippen molar-refractivity contribution >= 4 is 82.1 Å². The van der Waals surface area contributed by atoms with Gasteiger partial charge in [-0.3, -0.25) is 0 Å². The Kier molecular flexibility index (Phi) is 8.89. The molecule has 1 aromatic heterocycles. The van der Waals surface area contributed by atoms with Crippen molar-refractivity contribution in [3.63, 3.8) is 0 Å². The van der Waals surface area contributed by atoms with Crippen molar-refractivity contribution in [2.24, 2.45) is 0 Å². The van der Waals surface area contributed by atoms with Gasteiger partial charge in [0.1, 0.15) is 11.2 Å². The van der Waals surface area contributed by atoms with Gasteiger partial charge >= 0.3 is 0 Å². The third kappa shape index (κ3) is 6.34. The first-order chi connectivity index (χ1) is 32.7. The Morgan fingerprint density at radius 3 is 1.35 bits per heavy atom. The molecule has 0 radical (unpaired) electrons. The number of anilines is 3. The number of para-hydroxylation sites is 2. The van der Waals surface area contributed by atoms with E-state index in [-0.39, 0.29) is 0 Å². The van der Waals surface area contributed by atoms with Crippen LogP contribution in [0.25, 0.3) is 110 Å². The SMILES string of the molecule is c1cc(-c2ccc(N(c3ccc(-c4ccc5c6ccccc6c6ccccc6c5c4)cc3)c3ccc(-c4cccc5c4oc4ccccc45)cc3)cc2)cc(-c2cccc3ccccc23)c1. The zero-order chi connectivity index (χ0) is 43.6. The molecule has 0 fully saturated rings. The third-order valence-corrected chi connectivity index (χ3v) is 13.5. The summed E-state index contributed by atoms with van der Waals surface area (Å²) in [6.45, 7) is 0. The lowest BCUT2D eigenvalue weighted by Gasteiger charge is -2.26. The minimum absolute atomic E-state index is 0.903. The van der Waals surface area contributed by atoms with Crippen LogP contribution in [0.4, 0.5) is 17.1 Å². The molecule has 0 unspecified atom stereocenters. The molecule has 0 aliphatic carbocycles. The smallest absolute Gasteiger partial charge is 0.143 e. The predicted octanol–water partition coefficient (Wildman–Crippen LogP) is 18.3. The van der Waals surface area contributed by atoms with E-state index in [1.54, 1.807) is 0 Å². The van der Waals surface area contributed by atoms with Crippen molar-refractivity contribution < 1.29 is 4.42 Å². The Hall–Kier alpha value is -8.72. The summed E-state index contributed by atoms with van der Waals surface area (Å²) < 4.78 is 6.45. The molecule has 66 heavy (non-hydrogen) atoms. The minimum atomic E-state index is 0.903. The van der Waals surface area contributed by atoms with Gasteiger partial charge in [0.2, 0.25) is 0 Å². The van der Waals surface area contributed by atoms with Gasteiger partial charge in [0.05, 0.1) is 0 Å². The summed E-state index contributed by atoms with van der Waals surface area (Å²) in [7, 11) is 0. The average Bonchev–Trinajstić information content (AvgIpc) is 3.78. The lowest BCUT2D eigenvalue weighted by atomic mass is 9.92. The van der Waals surface area contributed by atoms with E-state index in [1.807, 2.05) is 12.1 Å². The minimum Gasteiger partial charge on any atom is -0.455 e. The first-order valence-corrected chi connectivity index (χ1v) is 22.7. The van der Waals surface area contributed by atoms with Crippen molar-refractivity contribution in [2.45, 2.75) is 0 Å². The van der Waals surface area contributed by atoms with Crippen LogP contribution in [0, 0.1) is 0 Å². The Morgan fingerprint density at radius 1 is 0.242 bits per heavy atom. The Balaban J connectivity index is 0.889. The molecular formula is C64H41NO. The van der Waals surface area contributed by atoms with Gasteiger partial charge < -0.3 is 9.32 Å². The molecule has 2 heteroatoms. The highest BCUT2D eigenvalue weighted by Gasteiger charge is 2.17. The summed E-state index contributed by atoms with van der Waals surface area (Å²) in [6, 6.07) is 90.2. The molecule has 12 aromatic carbocycles. The Morgan fingerprint density at radius 2 is 0.682 bits per heavy atom. The van der Waals surface area contributed by atoms with Gasteiger partial charge in [-0.15, -0.1) is 0 Å². The third-order valence-electron chi connectivity index (χ3n) is 13.5. The van der Waals surface area contributed by atoms with Gasteiger partial charge in [0.15, 0.2) is 0 Å². The standard InChI is InChI=1S/C64H41NO/c1-2-16-52-44(12-1)13-10-22-53(52)48-15-9-14-46(40-48)42-26-33-49(34-27-42)65(51-37-30-45(31-38-51)54-23-11-24-61-60-21-7-8-25-63(60)66-64(54)61)50-35-28-43(29-36-50)47-32-39-59-57-19-4-3-17-55(57)56-18-5-6-20-58(56)62(59)41-47/h1-41H. The molecule has 0 amide bonds. The van der Waals surface area contributed by atoms with Crippen LogP contribution in [-0.2, 0) is 0 Å². The van der Waals surface area contributed by atoms with E-state index in [2.05, 4.69) is 241 Å². The first kappa shape index (κ1) is 37.8. The second kappa shape index (κ2) is 15.5. The highest BCUT2D eigenvalue weighted by Crippen LogP contribution is 2.42. The quantitative estimate of drug-likeness (QED) is 0.149. The molecule has 0 saturated heterocycles. The van der Waals surface area contributed by atoms with Crippen molar-refractivity contribution in [1.82, 2.24) is 0 Å². The number of benzene rings is 12. The summed E-state index contributed by atoms with van der Waals surface area (Å²) in [5.41, 5.74) is 14.4. The van der Waals surface area contributed by atoms with Gasteiger partial charge in [-0.1, -0.05) is 194 Å². The monoisotopic (exact) mass is 839 g/mol. The number of hydrogen-bond donors (Lipinski definition) is 0. The number of hydrogen-bond acceptors (Lipinski definition) is 2. The molecule has 13 rings (SSSR count). The van der Waals surface area contributed by atoms with Gasteiger partial charge in [-0.05, 0) is 137 Å². The number of fused-ring (bicyclic) bond motifs is 10. The highest BCUT2D eigenvalue weighted by molar-refractivity contribution is 6.25. The van der Waals surface area contributed by atoms with Crippen LogP contribution >= 0.6 is 0 Å². The van der Waals surface area contributed by atoms with Gasteiger partial charge in [-0.25, -0.2) is 0 Å². The summed E-state index contributed by atoms with van der Waals surface area (Å²) >= 11 is 0. The van der Waals surface area contributed by atoms with E-state index < -0.39 is 0 Å². The van der Waals surface area contributed by atoms with Crippen LogP contribution in [0.15, 0.2) is 253 Å². The summed E-state index contributed by atoms with van der Waals surface area (Å²) in [5, 5.41) is 12.5. The number of nitrogens with zero attached hydrogens (tertiary/aromatic N) is 1. The molecule has 308 valence electrons. The Bertz CT molecular complexity index is 3930. The maximum Gasteiger partial charge on any atom is 0.143 e. The molecule has 0 bridgehead atoms. The highest BCUT2D eigenvalue weighted by atomic mass is 16.3. The topological polar surface area (TPSA) is 16.4 Å². The summed E-state index contributed by atoms with van der Waals surface area (Å²) in [5.74, 6) is 0. The number of furan rings is 1. The molecule has 0 N–H and O–H groups in total. The van der Waals surface area contributed by atoms with Crippen LogP contribution in [0.2, 0.25) is 0 Å². The maximum absolute atomic E-state index is 6.45. The molecular weight excluding hydrogens is 799 g/mol. The lowest BCUT2D eigenvalue weighted by Crippen LogP contribution is -2.09. The van der Waals surface area contributed by atoms with Gasteiger partial charge in [-0.2, -0.15) is 0 Å².